The minimum absolute atomic E-state index is 0.752. The van der Waals surface area contributed by atoms with Gasteiger partial charge < -0.3 is 15.0 Å². The van der Waals surface area contributed by atoms with Crippen LogP contribution in [-0.2, 0) is 11.3 Å². The Morgan fingerprint density at radius 2 is 2.41 bits per heavy atom. The highest BCUT2D eigenvalue weighted by molar-refractivity contribution is 7.09. The van der Waals surface area contributed by atoms with Crippen molar-refractivity contribution in [1.82, 2.24) is 15.2 Å². The number of aryl methyl sites for hydroxylation is 1. The highest BCUT2D eigenvalue weighted by Gasteiger charge is 2.09. The van der Waals surface area contributed by atoms with Crippen LogP contribution in [-0.4, -0.2) is 49.2 Å². The van der Waals surface area contributed by atoms with Crippen molar-refractivity contribution in [3.8, 4) is 0 Å². The third-order valence-corrected chi connectivity index (χ3v) is 4.34. The number of rotatable bonds is 6. The molecule has 0 aliphatic carbocycles. The molecule has 0 bridgehead atoms. The zero-order chi connectivity index (χ0) is 15.8. The zero-order valence-corrected chi connectivity index (χ0v) is 14.6. The number of guanidine groups is 1. The molecule has 0 radical (unpaired) electrons. The smallest absolute Gasteiger partial charge is 0.194 e. The number of hydrogen-bond donors (Lipinski definition) is 1. The first-order valence-corrected chi connectivity index (χ1v) is 8.73. The van der Waals surface area contributed by atoms with Gasteiger partial charge in [-0.1, -0.05) is 11.6 Å². The molecule has 6 heteroatoms. The van der Waals surface area contributed by atoms with E-state index < -0.39 is 0 Å². The summed E-state index contributed by atoms with van der Waals surface area (Å²) in [6.07, 6.45) is 4.25. The van der Waals surface area contributed by atoms with E-state index in [2.05, 4.69) is 40.6 Å². The second-order valence-corrected chi connectivity index (χ2v) is 6.45. The summed E-state index contributed by atoms with van der Waals surface area (Å²) in [6, 6.07) is 0. The molecule has 122 valence electrons. The monoisotopic (exact) mass is 322 g/mol. The van der Waals surface area contributed by atoms with Crippen LogP contribution in [0.2, 0.25) is 0 Å². The van der Waals surface area contributed by atoms with Crippen LogP contribution < -0.4 is 5.32 Å². The molecule has 0 fully saturated rings. The van der Waals surface area contributed by atoms with Crippen molar-refractivity contribution in [2.45, 2.75) is 33.2 Å². The molecule has 2 heterocycles. The van der Waals surface area contributed by atoms with E-state index >= 15 is 0 Å². The van der Waals surface area contributed by atoms with Gasteiger partial charge in [-0.25, -0.2) is 4.98 Å². The van der Waals surface area contributed by atoms with Crippen LogP contribution in [0.5, 0.6) is 0 Å². The Morgan fingerprint density at radius 3 is 3.05 bits per heavy atom. The Hall–Kier alpha value is -1.40. The molecule has 1 aromatic heterocycles. The van der Waals surface area contributed by atoms with E-state index in [9.17, 15) is 0 Å². The molecular weight excluding hydrogens is 296 g/mol. The lowest BCUT2D eigenvalue weighted by Gasteiger charge is -2.21. The lowest BCUT2D eigenvalue weighted by atomic mass is 10.1. The van der Waals surface area contributed by atoms with E-state index in [1.807, 2.05) is 6.92 Å². The van der Waals surface area contributed by atoms with Gasteiger partial charge in [0, 0.05) is 25.5 Å². The summed E-state index contributed by atoms with van der Waals surface area (Å²) >= 11 is 1.69. The van der Waals surface area contributed by atoms with Crippen molar-refractivity contribution >= 4 is 17.3 Å². The summed E-state index contributed by atoms with van der Waals surface area (Å²) in [6.45, 7) is 8.20. The maximum absolute atomic E-state index is 5.33. The Bertz CT molecular complexity index is 524. The molecule has 0 amide bonds. The summed E-state index contributed by atoms with van der Waals surface area (Å²) in [7, 11) is 2.06. The maximum atomic E-state index is 5.33. The van der Waals surface area contributed by atoms with Crippen molar-refractivity contribution in [2.24, 2.45) is 4.99 Å². The van der Waals surface area contributed by atoms with Crippen LogP contribution in [0, 0.1) is 6.92 Å². The van der Waals surface area contributed by atoms with E-state index in [-0.39, 0.29) is 0 Å². The van der Waals surface area contributed by atoms with E-state index in [1.54, 1.807) is 11.3 Å². The molecule has 2 rings (SSSR count). The fraction of sp³-hybridized carbons (Fsp3) is 0.625. The third kappa shape index (κ3) is 5.42. The van der Waals surface area contributed by atoms with Gasteiger partial charge in [-0.15, -0.1) is 11.3 Å². The Kier molecular flexibility index (Phi) is 6.86. The van der Waals surface area contributed by atoms with Crippen molar-refractivity contribution in [3.63, 3.8) is 0 Å². The van der Waals surface area contributed by atoms with E-state index in [1.165, 1.54) is 5.57 Å². The Labute approximate surface area is 137 Å². The molecular formula is C16H26N4OS. The van der Waals surface area contributed by atoms with Gasteiger partial charge in [-0.2, -0.15) is 0 Å². The molecule has 1 N–H and O–H groups in total. The van der Waals surface area contributed by atoms with Gasteiger partial charge in [-0.05, 0) is 26.7 Å². The van der Waals surface area contributed by atoms with Gasteiger partial charge in [0.05, 0.1) is 30.5 Å². The molecule has 22 heavy (non-hydrogen) atoms. The van der Waals surface area contributed by atoms with Gasteiger partial charge in [0.15, 0.2) is 5.96 Å². The second-order valence-electron chi connectivity index (χ2n) is 5.39. The molecule has 1 aliphatic heterocycles. The van der Waals surface area contributed by atoms with Gasteiger partial charge >= 0.3 is 0 Å². The lowest BCUT2D eigenvalue weighted by Crippen LogP contribution is -2.38. The summed E-state index contributed by atoms with van der Waals surface area (Å²) in [4.78, 5) is 11.4. The van der Waals surface area contributed by atoms with Crippen molar-refractivity contribution in [3.05, 3.63) is 27.7 Å². The van der Waals surface area contributed by atoms with Crippen molar-refractivity contribution < 1.29 is 4.74 Å². The number of nitrogens with zero attached hydrogens (tertiary/aromatic N) is 3. The number of aromatic nitrogens is 1. The topological polar surface area (TPSA) is 49.8 Å². The fourth-order valence-corrected chi connectivity index (χ4v) is 2.97. The fourth-order valence-electron chi connectivity index (χ4n) is 2.37. The molecule has 5 nitrogen and oxygen atoms in total. The predicted molar refractivity (Wildman–Crippen MR) is 92.4 cm³/mol. The second kappa shape index (κ2) is 8.90. The highest BCUT2D eigenvalue weighted by atomic mass is 32.1. The average molecular weight is 322 g/mol. The number of nitrogens with one attached hydrogen (secondary N) is 1. The molecule has 1 aliphatic rings. The van der Waals surface area contributed by atoms with Crippen molar-refractivity contribution in [2.75, 3.05) is 33.4 Å². The molecule has 0 atom stereocenters. The lowest BCUT2D eigenvalue weighted by molar-refractivity contribution is 0.153. The molecule has 1 aromatic rings. The molecule has 0 saturated carbocycles. The minimum Gasteiger partial charge on any atom is -0.377 e. The molecule has 0 unspecified atom stereocenters. The van der Waals surface area contributed by atoms with Gasteiger partial charge in [-0.3, -0.25) is 4.99 Å². The number of thiazole rings is 1. The zero-order valence-electron chi connectivity index (χ0n) is 13.8. The first-order valence-electron chi connectivity index (χ1n) is 7.85. The molecule has 0 aromatic carbocycles. The van der Waals surface area contributed by atoms with Crippen LogP contribution in [0.25, 0.3) is 0 Å². The number of ether oxygens (including phenoxy) is 1. The first kappa shape index (κ1) is 17.0. The van der Waals surface area contributed by atoms with Crippen LogP contribution in [0.1, 0.15) is 30.5 Å². The highest BCUT2D eigenvalue weighted by Crippen LogP contribution is 2.12. The van der Waals surface area contributed by atoms with Crippen LogP contribution in [0.15, 0.2) is 22.0 Å². The van der Waals surface area contributed by atoms with E-state index in [4.69, 9.17) is 9.73 Å². The summed E-state index contributed by atoms with van der Waals surface area (Å²) < 4.78 is 5.33. The average Bonchev–Trinajstić information content (AvgIpc) is 2.92. The number of hydrogen-bond acceptors (Lipinski definition) is 4. The summed E-state index contributed by atoms with van der Waals surface area (Å²) in [5.74, 6) is 0.945. The van der Waals surface area contributed by atoms with E-state index in [0.717, 1.165) is 62.4 Å². The standard InChI is InChI=1S/C16H26N4OS/c1-4-17-16(18-8-5-14-6-9-21-10-7-14)20(3)11-15-12-22-13(2)19-15/h6,12H,4-5,7-11H2,1-3H3,(H,17,18). The van der Waals surface area contributed by atoms with Crippen LogP contribution >= 0.6 is 11.3 Å². The first-order chi connectivity index (χ1) is 10.7. The van der Waals surface area contributed by atoms with Gasteiger partial charge in [0.2, 0.25) is 0 Å². The van der Waals surface area contributed by atoms with Gasteiger partial charge in [0.25, 0.3) is 0 Å². The minimum atomic E-state index is 0.752. The quantitative estimate of drug-likeness (QED) is 0.497. The predicted octanol–water partition coefficient (Wildman–Crippen LogP) is 2.59. The van der Waals surface area contributed by atoms with Gasteiger partial charge in [0.1, 0.15) is 0 Å². The number of aliphatic imine (C=N–C) groups is 1. The maximum Gasteiger partial charge on any atom is 0.194 e. The Balaban J connectivity index is 1.89. The SMILES string of the molecule is CCNC(=NCCC1=CCOCC1)N(C)Cc1csc(C)n1. The van der Waals surface area contributed by atoms with Crippen molar-refractivity contribution in [1.29, 1.82) is 0 Å². The van der Waals surface area contributed by atoms with Crippen LogP contribution in [0.3, 0.4) is 0 Å². The molecule has 0 saturated heterocycles. The largest absolute Gasteiger partial charge is 0.377 e. The third-order valence-electron chi connectivity index (χ3n) is 3.51. The molecule has 0 spiro atoms. The summed E-state index contributed by atoms with van der Waals surface area (Å²) in [5, 5.41) is 6.58. The Morgan fingerprint density at radius 1 is 1.55 bits per heavy atom. The normalized spacial score (nSPS) is 15.6. The summed E-state index contributed by atoms with van der Waals surface area (Å²) in [5.41, 5.74) is 2.56. The van der Waals surface area contributed by atoms with Crippen LogP contribution in [0.4, 0.5) is 0 Å². The van der Waals surface area contributed by atoms with E-state index in [0.29, 0.717) is 0 Å².